The van der Waals surface area contributed by atoms with E-state index in [1.54, 1.807) is 12.1 Å². The Hall–Kier alpha value is -1.23. The third-order valence-corrected chi connectivity index (χ3v) is 3.99. The Labute approximate surface area is 124 Å². The topological polar surface area (TPSA) is 15.3 Å². The number of nitrogens with one attached hydrogen (secondary N) is 1. The fourth-order valence-electron chi connectivity index (χ4n) is 2.71. The van der Waals surface area contributed by atoms with Crippen LogP contribution in [0.4, 0.5) is 18.9 Å². The Morgan fingerprint density at radius 3 is 2.43 bits per heavy atom. The van der Waals surface area contributed by atoms with Gasteiger partial charge in [0.25, 0.3) is 0 Å². The second-order valence-electron chi connectivity index (χ2n) is 6.69. The van der Waals surface area contributed by atoms with E-state index >= 15 is 0 Å². The predicted molar refractivity (Wildman–Crippen MR) is 79.5 cm³/mol. The molecule has 0 radical (unpaired) electrons. The van der Waals surface area contributed by atoms with Gasteiger partial charge in [-0.1, -0.05) is 32.9 Å². The first kappa shape index (κ1) is 16.1. The van der Waals surface area contributed by atoms with Gasteiger partial charge < -0.3 is 10.2 Å². The average Bonchev–Trinajstić information content (AvgIpc) is 2.63. The van der Waals surface area contributed by atoms with E-state index in [1.807, 2.05) is 4.90 Å². The highest BCUT2D eigenvalue weighted by Crippen LogP contribution is 2.37. The number of hydrogen-bond acceptors (Lipinski definition) is 2. The number of benzene rings is 1. The average molecular weight is 300 g/mol. The van der Waals surface area contributed by atoms with Gasteiger partial charge in [-0.15, -0.1) is 0 Å². The van der Waals surface area contributed by atoms with Gasteiger partial charge in [0.05, 0.1) is 5.56 Å². The lowest BCUT2D eigenvalue weighted by Gasteiger charge is -2.35. The third kappa shape index (κ3) is 3.90. The summed E-state index contributed by atoms with van der Waals surface area (Å²) < 4.78 is 39.6. The normalized spacial score (nSPS) is 21.2. The highest BCUT2D eigenvalue weighted by Gasteiger charge is 2.36. The van der Waals surface area contributed by atoms with Crippen LogP contribution < -0.4 is 10.2 Å². The molecule has 0 aromatic heterocycles. The molecule has 0 saturated carbocycles. The van der Waals surface area contributed by atoms with Gasteiger partial charge in [-0.05, 0) is 30.5 Å². The number of anilines is 1. The number of para-hydroxylation sites is 1. The van der Waals surface area contributed by atoms with Crippen molar-refractivity contribution in [3.8, 4) is 0 Å². The van der Waals surface area contributed by atoms with Gasteiger partial charge in [0.2, 0.25) is 0 Å². The van der Waals surface area contributed by atoms with Gasteiger partial charge in [-0.3, -0.25) is 0 Å². The molecule has 1 aliphatic heterocycles. The van der Waals surface area contributed by atoms with Crippen LogP contribution in [0.15, 0.2) is 24.3 Å². The van der Waals surface area contributed by atoms with E-state index in [0.29, 0.717) is 18.8 Å². The summed E-state index contributed by atoms with van der Waals surface area (Å²) >= 11 is 0. The molecule has 1 atom stereocenters. The molecule has 1 aliphatic rings. The molecule has 5 heteroatoms. The Morgan fingerprint density at radius 1 is 1.14 bits per heavy atom. The quantitative estimate of drug-likeness (QED) is 0.845. The summed E-state index contributed by atoms with van der Waals surface area (Å²) in [5, 5.41) is 3.46. The molecule has 1 saturated heterocycles. The lowest BCUT2D eigenvalue weighted by Crippen LogP contribution is -2.46. The summed E-state index contributed by atoms with van der Waals surface area (Å²) in [6.45, 7) is 8.42. The van der Waals surface area contributed by atoms with Crippen LogP contribution in [0.25, 0.3) is 0 Å². The van der Waals surface area contributed by atoms with Crippen LogP contribution in [-0.4, -0.2) is 25.7 Å². The molecule has 1 N–H and O–H groups in total. The molecule has 0 spiro atoms. The van der Waals surface area contributed by atoms with Crippen molar-refractivity contribution in [3.63, 3.8) is 0 Å². The van der Waals surface area contributed by atoms with Crippen LogP contribution in [0, 0.1) is 5.41 Å². The van der Waals surface area contributed by atoms with Crippen molar-refractivity contribution in [3.05, 3.63) is 29.8 Å². The summed E-state index contributed by atoms with van der Waals surface area (Å²) in [4.78, 5) is 1.87. The SMILES string of the molecule is CC(C)(C)C1CN(c2ccccc2C(F)(F)F)CCCN1. The number of rotatable bonds is 1. The highest BCUT2D eigenvalue weighted by atomic mass is 19.4. The molecule has 0 aliphatic carbocycles. The first-order chi connectivity index (χ1) is 9.69. The van der Waals surface area contributed by atoms with Crippen LogP contribution >= 0.6 is 0 Å². The van der Waals surface area contributed by atoms with Crippen LogP contribution in [0.2, 0.25) is 0 Å². The standard InChI is InChI=1S/C16H23F3N2/c1-15(2,3)14-11-21(10-6-9-20-14)13-8-5-4-7-12(13)16(17,18)19/h4-5,7-8,14,20H,6,9-11H2,1-3H3. The molecular formula is C16H23F3N2. The Balaban J connectivity index is 2.32. The summed E-state index contributed by atoms with van der Waals surface area (Å²) in [6, 6.07) is 6.04. The van der Waals surface area contributed by atoms with Crippen LogP contribution in [-0.2, 0) is 6.18 Å². The monoisotopic (exact) mass is 300 g/mol. The Kier molecular flexibility index (Phi) is 4.51. The van der Waals surface area contributed by atoms with Crippen LogP contribution in [0.3, 0.4) is 0 Å². The molecule has 0 bridgehead atoms. The van der Waals surface area contributed by atoms with E-state index in [-0.39, 0.29) is 11.5 Å². The van der Waals surface area contributed by atoms with Gasteiger partial charge in [0, 0.05) is 24.8 Å². The summed E-state index contributed by atoms with van der Waals surface area (Å²) in [5.41, 5.74) is -0.238. The molecule has 1 aromatic carbocycles. The van der Waals surface area contributed by atoms with E-state index < -0.39 is 11.7 Å². The van der Waals surface area contributed by atoms with Gasteiger partial charge in [0.15, 0.2) is 0 Å². The third-order valence-electron chi connectivity index (χ3n) is 3.99. The maximum Gasteiger partial charge on any atom is 0.418 e. The maximum atomic E-state index is 13.2. The second-order valence-corrected chi connectivity index (χ2v) is 6.69. The van der Waals surface area contributed by atoms with Crippen molar-refractivity contribution in [1.29, 1.82) is 0 Å². The largest absolute Gasteiger partial charge is 0.418 e. The Morgan fingerprint density at radius 2 is 1.81 bits per heavy atom. The van der Waals surface area contributed by atoms with Gasteiger partial charge >= 0.3 is 6.18 Å². The predicted octanol–water partition coefficient (Wildman–Crippen LogP) is 3.92. The Bertz CT molecular complexity index is 477. The summed E-state index contributed by atoms with van der Waals surface area (Å²) in [6.07, 6.45) is -3.47. The molecule has 1 aromatic rings. The highest BCUT2D eigenvalue weighted by molar-refractivity contribution is 5.55. The van der Waals surface area contributed by atoms with Gasteiger partial charge in [-0.2, -0.15) is 13.2 Å². The number of hydrogen-bond donors (Lipinski definition) is 1. The van der Waals surface area contributed by atoms with Crippen LogP contribution in [0.1, 0.15) is 32.8 Å². The zero-order chi connectivity index (χ0) is 15.7. The molecule has 2 nitrogen and oxygen atoms in total. The van der Waals surface area contributed by atoms with Crippen LogP contribution in [0.5, 0.6) is 0 Å². The number of nitrogens with zero attached hydrogens (tertiary/aromatic N) is 1. The number of halogens is 3. The van der Waals surface area contributed by atoms with Gasteiger partial charge in [0.1, 0.15) is 0 Å². The van der Waals surface area contributed by atoms with Crippen molar-refractivity contribution >= 4 is 5.69 Å². The summed E-state index contributed by atoms with van der Waals surface area (Å²) in [7, 11) is 0. The molecule has 118 valence electrons. The zero-order valence-corrected chi connectivity index (χ0v) is 12.8. The van der Waals surface area contributed by atoms with Crippen molar-refractivity contribution in [1.82, 2.24) is 5.32 Å². The lowest BCUT2D eigenvalue weighted by molar-refractivity contribution is -0.137. The molecule has 2 rings (SSSR count). The second kappa shape index (κ2) is 5.87. The molecule has 1 heterocycles. The smallest absolute Gasteiger partial charge is 0.369 e. The van der Waals surface area contributed by atoms with Gasteiger partial charge in [-0.25, -0.2) is 0 Å². The van der Waals surface area contributed by atoms with Crippen molar-refractivity contribution < 1.29 is 13.2 Å². The molecule has 1 unspecified atom stereocenters. The fraction of sp³-hybridized carbons (Fsp3) is 0.625. The zero-order valence-electron chi connectivity index (χ0n) is 12.8. The lowest BCUT2D eigenvalue weighted by atomic mass is 9.86. The first-order valence-electron chi connectivity index (χ1n) is 7.34. The molecular weight excluding hydrogens is 277 g/mol. The van der Waals surface area contributed by atoms with Crippen molar-refractivity contribution in [2.45, 2.75) is 39.4 Å². The molecule has 21 heavy (non-hydrogen) atoms. The van der Waals surface area contributed by atoms with Crippen molar-refractivity contribution in [2.24, 2.45) is 5.41 Å². The maximum absolute atomic E-state index is 13.2. The fourth-order valence-corrected chi connectivity index (χ4v) is 2.71. The summed E-state index contributed by atoms with van der Waals surface area (Å²) in [5.74, 6) is 0. The number of alkyl halides is 3. The van der Waals surface area contributed by atoms with E-state index in [0.717, 1.165) is 13.0 Å². The van der Waals surface area contributed by atoms with E-state index in [4.69, 9.17) is 0 Å². The van der Waals surface area contributed by atoms with Crippen molar-refractivity contribution in [2.75, 3.05) is 24.5 Å². The van der Waals surface area contributed by atoms with E-state index in [2.05, 4.69) is 26.1 Å². The minimum absolute atomic E-state index is 0.00969. The molecule has 0 amide bonds. The minimum atomic E-state index is -4.31. The van der Waals surface area contributed by atoms with E-state index in [1.165, 1.54) is 12.1 Å². The van der Waals surface area contributed by atoms with E-state index in [9.17, 15) is 13.2 Å². The molecule has 1 fully saturated rings. The minimum Gasteiger partial charge on any atom is -0.369 e. The first-order valence-corrected chi connectivity index (χ1v) is 7.34.